The Labute approximate surface area is 162 Å². The van der Waals surface area contributed by atoms with Gasteiger partial charge in [-0.05, 0) is 24.0 Å². The SMILES string of the molecule is CSCCC(=O)NCC(=O)Nc1ccccc1C(=O)OCc1ccccc1. The Hall–Kier alpha value is -2.80. The quantitative estimate of drug-likeness (QED) is 0.648. The summed E-state index contributed by atoms with van der Waals surface area (Å²) in [6.45, 7) is -0.00589. The fourth-order valence-electron chi connectivity index (χ4n) is 2.23. The second-order valence-electron chi connectivity index (χ2n) is 5.68. The van der Waals surface area contributed by atoms with Crippen molar-refractivity contribution in [3.63, 3.8) is 0 Å². The number of hydrogen-bond acceptors (Lipinski definition) is 5. The van der Waals surface area contributed by atoms with Gasteiger partial charge in [0.25, 0.3) is 0 Å². The lowest BCUT2D eigenvalue weighted by atomic mass is 10.1. The zero-order chi connectivity index (χ0) is 19.5. The molecule has 142 valence electrons. The molecule has 0 spiro atoms. The molecular formula is C20H22N2O4S. The average molecular weight is 386 g/mol. The average Bonchev–Trinajstić information content (AvgIpc) is 2.70. The maximum Gasteiger partial charge on any atom is 0.340 e. The molecule has 2 N–H and O–H groups in total. The third-order valence-corrected chi connectivity index (χ3v) is 4.23. The number of carbonyl (C=O) groups is 3. The molecule has 0 radical (unpaired) electrons. The Morgan fingerprint density at radius 3 is 2.41 bits per heavy atom. The third kappa shape index (κ3) is 7.15. The molecule has 2 amide bonds. The van der Waals surface area contributed by atoms with Crippen LogP contribution in [0.1, 0.15) is 22.3 Å². The molecule has 0 atom stereocenters. The van der Waals surface area contributed by atoms with Gasteiger partial charge in [0.05, 0.1) is 17.8 Å². The Morgan fingerprint density at radius 2 is 1.67 bits per heavy atom. The molecule has 0 heterocycles. The second kappa shape index (κ2) is 11.0. The van der Waals surface area contributed by atoms with Crippen molar-refractivity contribution in [3.05, 3.63) is 65.7 Å². The number of amides is 2. The predicted molar refractivity (Wildman–Crippen MR) is 107 cm³/mol. The molecule has 27 heavy (non-hydrogen) atoms. The van der Waals surface area contributed by atoms with E-state index in [9.17, 15) is 14.4 Å². The number of benzene rings is 2. The zero-order valence-corrected chi connectivity index (χ0v) is 15.9. The summed E-state index contributed by atoms with van der Waals surface area (Å²) in [6.07, 6.45) is 2.27. The predicted octanol–water partition coefficient (Wildman–Crippen LogP) is 2.85. The Morgan fingerprint density at radius 1 is 0.963 bits per heavy atom. The number of esters is 1. The van der Waals surface area contributed by atoms with Gasteiger partial charge >= 0.3 is 5.97 Å². The summed E-state index contributed by atoms with van der Waals surface area (Å²) in [4.78, 5) is 36.0. The highest BCUT2D eigenvalue weighted by Crippen LogP contribution is 2.17. The second-order valence-corrected chi connectivity index (χ2v) is 6.66. The van der Waals surface area contributed by atoms with Gasteiger partial charge in [0.1, 0.15) is 6.61 Å². The summed E-state index contributed by atoms with van der Waals surface area (Å²) in [5.41, 5.74) is 1.48. The number of carbonyl (C=O) groups excluding carboxylic acids is 3. The minimum absolute atomic E-state index is 0.146. The molecule has 7 heteroatoms. The van der Waals surface area contributed by atoms with Gasteiger partial charge in [-0.3, -0.25) is 9.59 Å². The van der Waals surface area contributed by atoms with Crippen molar-refractivity contribution in [2.45, 2.75) is 13.0 Å². The first kappa shape index (κ1) is 20.5. The lowest BCUT2D eigenvalue weighted by molar-refractivity contribution is -0.123. The van der Waals surface area contributed by atoms with Gasteiger partial charge in [0.2, 0.25) is 11.8 Å². The van der Waals surface area contributed by atoms with Crippen molar-refractivity contribution < 1.29 is 19.1 Å². The van der Waals surface area contributed by atoms with E-state index in [-0.39, 0.29) is 24.6 Å². The van der Waals surface area contributed by atoms with Gasteiger partial charge in [0, 0.05) is 12.2 Å². The third-order valence-electron chi connectivity index (χ3n) is 3.61. The smallest absolute Gasteiger partial charge is 0.340 e. The molecular weight excluding hydrogens is 364 g/mol. The molecule has 0 fully saturated rings. The summed E-state index contributed by atoms with van der Waals surface area (Å²) in [5.74, 6) is -0.423. The Kier molecular flexibility index (Phi) is 8.38. The molecule has 0 unspecified atom stereocenters. The van der Waals surface area contributed by atoms with E-state index in [2.05, 4.69) is 10.6 Å². The molecule has 0 aliphatic heterocycles. The minimum Gasteiger partial charge on any atom is -0.457 e. The number of para-hydroxylation sites is 1. The zero-order valence-electron chi connectivity index (χ0n) is 15.1. The molecule has 2 aromatic rings. The molecule has 0 bridgehead atoms. The van der Waals surface area contributed by atoms with E-state index in [1.165, 1.54) is 0 Å². The summed E-state index contributed by atoms with van der Waals surface area (Å²) in [5, 5.41) is 5.19. The number of hydrogen-bond donors (Lipinski definition) is 2. The van der Waals surface area contributed by atoms with Crippen LogP contribution in [-0.2, 0) is 20.9 Å². The summed E-state index contributed by atoms with van der Waals surface area (Å²) >= 11 is 1.56. The number of anilines is 1. The summed E-state index contributed by atoms with van der Waals surface area (Å²) in [6, 6.07) is 15.9. The maximum absolute atomic E-state index is 12.4. The van der Waals surface area contributed by atoms with Crippen molar-refractivity contribution in [1.29, 1.82) is 0 Å². The largest absolute Gasteiger partial charge is 0.457 e. The van der Waals surface area contributed by atoms with E-state index in [1.54, 1.807) is 36.0 Å². The van der Waals surface area contributed by atoms with Crippen molar-refractivity contribution in [2.24, 2.45) is 0 Å². The lowest BCUT2D eigenvalue weighted by Gasteiger charge is -2.11. The Bertz CT molecular complexity index is 781. The van der Waals surface area contributed by atoms with Gasteiger partial charge in [-0.2, -0.15) is 11.8 Å². The van der Waals surface area contributed by atoms with Gasteiger partial charge in [-0.1, -0.05) is 42.5 Å². The lowest BCUT2D eigenvalue weighted by Crippen LogP contribution is -2.33. The fraction of sp³-hybridized carbons (Fsp3) is 0.250. The van der Waals surface area contributed by atoms with Crippen LogP contribution >= 0.6 is 11.8 Å². The first-order valence-corrected chi connectivity index (χ1v) is 9.85. The summed E-state index contributed by atoms with van der Waals surface area (Å²) in [7, 11) is 0. The monoisotopic (exact) mass is 386 g/mol. The van der Waals surface area contributed by atoms with Crippen LogP contribution in [0.25, 0.3) is 0 Å². The van der Waals surface area contributed by atoms with Crippen LogP contribution in [0.15, 0.2) is 54.6 Å². The van der Waals surface area contributed by atoms with Crippen LogP contribution in [-0.4, -0.2) is 36.3 Å². The normalized spacial score (nSPS) is 10.1. The minimum atomic E-state index is -0.529. The van der Waals surface area contributed by atoms with Crippen molar-refractivity contribution in [3.8, 4) is 0 Å². The van der Waals surface area contributed by atoms with Crippen LogP contribution in [0.4, 0.5) is 5.69 Å². The Balaban J connectivity index is 1.91. The van der Waals surface area contributed by atoms with Crippen LogP contribution in [0, 0.1) is 0 Å². The first-order valence-electron chi connectivity index (χ1n) is 8.45. The molecule has 6 nitrogen and oxygen atoms in total. The van der Waals surface area contributed by atoms with Gasteiger partial charge in [-0.15, -0.1) is 0 Å². The molecule has 0 aliphatic rings. The van der Waals surface area contributed by atoms with Crippen LogP contribution in [0.3, 0.4) is 0 Å². The summed E-state index contributed by atoms with van der Waals surface area (Å²) < 4.78 is 5.32. The topological polar surface area (TPSA) is 84.5 Å². The van der Waals surface area contributed by atoms with Crippen molar-refractivity contribution in [1.82, 2.24) is 5.32 Å². The van der Waals surface area contributed by atoms with Crippen LogP contribution in [0.2, 0.25) is 0 Å². The van der Waals surface area contributed by atoms with E-state index in [4.69, 9.17) is 4.74 Å². The highest BCUT2D eigenvalue weighted by molar-refractivity contribution is 7.98. The van der Waals surface area contributed by atoms with Crippen molar-refractivity contribution >= 4 is 35.2 Å². The highest BCUT2D eigenvalue weighted by Gasteiger charge is 2.15. The number of thioether (sulfide) groups is 1. The highest BCUT2D eigenvalue weighted by atomic mass is 32.2. The van der Waals surface area contributed by atoms with E-state index in [1.807, 2.05) is 36.6 Å². The van der Waals surface area contributed by atoms with E-state index < -0.39 is 11.9 Å². The molecule has 0 saturated heterocycles. The molecule has 2 aromatic carbocycles. The number of rotatable bonds is 9. The fourth-order valence-corrected chi connectivity index (χ4v) is 2.62. The standard InChI is InChI=1S/C20H22N2O4S/c1-27-12-11-18(23)21-13-19(24)22-17-10-6-5-9-16(17)20(25)26-14-15-7-3-2-4-8-15/h2-10H,11-14H2,1H3,(H,21,23)(H,22,24). The number of ether oxygens (including phenoxy) is 1. The maximum atomic E-state index is 12.4. The molecule has 0 saturated carbocycles. The van der Waals surface area contributed by atoms with Crippen molar-refractivity contribution in [2.75, 3.05) is 23.9 Å². The molecule has 0 aromatic heterocycles. The van der Waals surface area contributed by atoms with Crippen LogP contribution < -0.4 is 10.6 Å². The first-order chi connectivity index (χ1) is 13.1. The van der Waals surface area contributed by atoms with E-state index in [0.717, 1.165) is 5.56 Å². The molecule has 0 aliphatic carbocycles. The molecule has 2 rings (SSSR count). The van der Waals surface area contributed by atoms with Crippen LogP contribution in [0.5, 0.6) is 0 Å². The number of nitrogens with one attached hydrogen (secondary N) is 2. The van der Waals surface area contributed by atoms with Gasteiger partial charge in [0.15, 0.2) is 0 Å². The van der Waals surface area contributed by atoms with Gasteiger partial charge in [-0.25, -0.2) is 4.79 Å². The van der Waals surface area contributed by atoms with E-state index in [0.29, 0.717) is 17.9 Å². The van der Waals surface area contributed by atoms with E-state index >= 15 is 0 Å². The van der Waals surface area contributed by atoms with Gasteiger partial charge < -0.3 is 15.4 Å².